The molecule has 5 atom stereocenters. The first-order valence-corrected chi connectivity index (χ1v) is 6.70. The van der Waals surface area contributed by atoms with Crippen LogP contribution in [0, 0.1) is 23.7 Å². The van der Waals surface area contributed by atoms with Crippen molar-refractivity contribution in [3.63, 3.8) is 0 Å². The van der Waals surface area contributed by atoms with E-state index in [9.17, 15) is 0 Å². The first kappa shape index (κ1) is 11.4. The van der Waals surface area contributed by atoms with Crippen molar-refractivity contribution < 1.29 is 0 Å². The Morgan fingerprint density at radius 2 is 2.13 bits per heavy atom. The van der Waals surface area contributed by atoms with Crippen molar-refractivity contribution in [2.75, 3.05) is 0 Å². The summed E-state index contributed by atoms with van der Waals surface area (Å²) in [5, 5.41) is 0. The first-order chi connectivity index (χ1) is 7.24. The lowest BCUT2D eigenvalue weighted by atomic mass is 9.80. The Kier molecular flexibility index (Phi) is 3.68. The summed E-state index contributed by atoms with van der Waals surface area (Å²) < 4.78 is 0. The summed E-state index contributed by atoms with van der Waals surface area (Å²) in [6.07, 6.45) is 8.43. The molecule has 15 heavy (non-hydrogen) atoms. The maximum Gasteiger partial charge on any atom is 0.0244 e. The van der Waals surface area contributed by atoms with Crippen LogP contribution in [0.2, 0.25) is 0 Å². The van der Waals surface area contributed by atoms with Gasteiger partial charge in [0, 0.05) is 6.04 Å². The van der Waals surface area contributed by atoms with Gasteiger partial charge < -0.3 is 0 Å². The molecule has 2 fully saturated rings. The molecule has 2 aliphatic carbocycles. The van der Waals surface area contributed by atoms with E-state index in [2.05, 4.69) is 19.3 Å². The highest BCUT2D eigenvalue weighted by molar-refractivity contribution is 4.95. The minimum atomic E-state index is 0.579. The maximum atomic E-state index is 5.74. The molecule has 0 spiro atoms. The molecular formula is C13H26N2. The van der Waals surface area contributed by atoms with Gasteiger partial charge in [-0.25, -0.2) is 0 Å². The number of hydrogen-bond acceptors (Lipinski definition) is 2. The Bertz CT molecular complexity index is 205. The maximum absolute atomic E-state index is 5.74. The number of rotatable bonds is 5. The van der Waals surface area contributed by atoms with E-state index in [1.54, 1.807) is 0 Å². The van der Waals surface area contributed by atoms with E-state index in [4.69, 9.17) is 5.84 Å². The van der Waals surface area contributed by atoms with Crippen molar-refractivity contribution in [2.24, 2.45) is 29.5 Å². The number of hydrazine groups is 1. The SMILES string of the molecule is CCC(C)CC(NN)C1CC2CCC1C2. The highest BCUT2D eigenvalue weighted by Crippen LogP contribution is 2.50. The molecule has 0 aromatic rings. The van der Waals surface area contributed by atoms with Crippen LogP contribution in [0.4, 0.5) is 0 Å². The van der Waals surface area contributed by atoms with Crippen LogP contribution >= 0.6 is 0 Å². The minimum absolute atomic E-state index is 0.579. The fourth-order valence-electron chi connectivity index (χ4n) is 3.75. The highest BCUT2D eigenvalue weighted by atomic mass is 15.2. The fraction of sp³-hybridized carbons (Fsp3) is 1.00. The van der Waals surface area contributed by atoms with Gasteiger partial charge in [0.25, 0.3) is 0 Å². The van der Waals surface area contributed by atoms with E-state index in [1.807, 2.05) is 0 Å². The lowest BCUT2D eigenvalue weighted by Gasteiger charge is -2.31. The molecule has 0 aliphatic heterocycles. The van der Waals surface area contributed by atoms with Crippen LogP contribution < -0.4 is 11.3 Å². The Hall–Kier alpha value is -0.0800. The second kappa shape index (κ2) is 4.84. The molecule has 0 saturated heterocycles. The first-order valence-electron chi connectivity index (χ1n) is 6.70. The van der Waals surface area contributed by atoms with Gasteiger partial charge in [0.2, 0.25) is 0 Å². The summed E-state index contributed by atoms with van der Waals surface area (Å²) in [6, 6.07) is 0.579. The summed E-state index contributed by atoms with van der Waals surface area (Å²) in [5.41, 5.74) is 3.09. The van der Waals surface area contributed by atoms with Crippen molar-refractivity contribution in [3.05, 3.63) is 0 Å². The standard InChI is InChI=1S/C13H26N2/c1-3-9(2)6-13(15-14)12-8-10-4-5-11(12)7-10/h9-13,15H,3-8,14H2,1-2H3. The predicted octanol–water partition coefficient (Wildman–Crippen LogP) is 2.69. The summed E-state index contributed by atoms with van der Waals surface area (Å²) in [4.78, 5) is 0. The molecule has 0 heterocycles. The third-order valence-corrected chi connectivity index (χ3v) is 4.88. The van der Waals surface area contributed by atoms with Gasteiger partial charge in [-0.05, 0) is 49.4 Å². The highest BCUT2D eigenvalue weighted by Gasteiger charge is 2.42. The van der Waals surface area contributed by atoms with Crippen molar-refractivity contribution in [2.45, 2.75) is 58.4 Å². The molecule has 2 bridgehead atoms. The Balaban J connectivity index is 1.89. The van der Waals surface area contributed by atoms with Gasteiger partial charge in [0.05, 0.1) is 0 Å². The largest absolute Gasteiger partial charge is 0.271 e. The van der Waals surface area contributed by atoms with Crippen LogP contribution in [0.5, 0.6) is 0 Å². The summed E-state index contributed by atoms with van der Waals surface area (Å²) in [5.74, 6) is 9.45. The zero-order valence-electron chi connectivity index (χ0n) is 10.2. The minimum Gasteiger partial charge on any atom is -0.271 e. The van der Waals surface area contributed by atoms with Gasteiger partial charge in [-0.15, -0.1) is 0 Å². The monoisotopic (exact) mass is 210 g/mol. The third-order valence-electron chi connectivity index (χ3n) is 4.88. The third kappa shape index (κ3) is 2.36. The molecule has 2 rings (SSSR count). The van der Waals surface area contributed by atoms with Crippen LogP contribution in [0.15, 0.2) is 0 Å². The molecule has 2 heteroatoms. The van der Waals surface area contributed by atoms with Crippen LogP contribution in [0.3, 0.4) is 0 Å². The van der Waals surface area contributed by atoms with Crippen molar-refractivity contribution in [3.8, 4) is 0 Å². The van der Waals surface area contributed by atoms with Gasteiger partial charge in [-0.1, -0.05) is 26.7 Å². The van der Waals surface area contributed by atoms with Crippen LogP contribution in [-0.2, 0) is 0 Å². The normalized spacial score (nSPS) is 38.2. The molecule has 0 radical (unpaired) electrons. The van der Waals surface area contributed by atoms with E-state index >= 15 is 0 Å². The average molecular weight is 210 g/mol. The van der Waals surface area contributed by atoms with Crippen molar-refractivity contribution in [1.29, 1.82) is 0 Å². The van der Waals surface area contributed by atoms with E-state index in [-0.39, 0.29) is 0 Å². The Morgan fingerprint density at radius 1 is 1.33 bits per heavy atom. The zero-order chi connectivity index (χ0) is 10.8. The van der Waals surface area contributed by atoms with Crippen molar-refractivity contribution >= 4 is 0 Å². The molecule has 5 unspecified atom stereocenters. The summed E-state index contributed by atoms with van der Waals surface area (Å²) in [6.45, 7) is 4.62. The van der Waals surface area contributed by atoms with E-state index in [1.165, 1.54) is 38.5 Å². The van der Waals surface area contributed by atoms with Gasteiger partial charge in [0.1, 0.15) is 0 Å². The Morgan fingerprint density at radius 3 is 2.60 bits per heavy atom. The molecule has 88 valence electrons. The number of nitrogens with two attached hydrogens (primary N) is 1. The average Bonchev–Trinajstić information content (AvgIpc) is 2.86. The molecule has 0 amide bonds. The van der Waals surface area contributed by atoms with Gasteiger partial charge in [-0.2, -0.15) is 0 Å². The quantitative estimate of drug-likeness (QED) is 0.541. The second-order valence-corrected chi connectivity index (χ2v) is 5.86. The smallest absolute Gasteiger partial charge is 0.0244 e. The second-order valence-electron chi connectivity index (χ2n) is 5.86. The number of fused-ring (bicyclic) bond motifs is 2. The summed E-state index contributed by atoms with van der Waals surface area (Å²) in [7, 11) is 0. The molecule has 2 nitrogen and oxygen atoms in total. The molecule has 2 saturated carbocycles. The molecule has 3 N–H and O–H groups in total. The van der Waals surface area contributed by atoms with Crippen molar-refractivity contribution in [1.82, 2.24) is 5.43 Å². The number of hydrogen-bond donors (Lipinski definition) is 2. The molecule has 0 aromatic carbocycles. The number of nitrogens with one attached hydrogen (secondary N) is 1. The fourth-order valence-corrected chi connectivity index (χ4v) is 3.75. The lowest BCUT2D eigenvalue weighted by Crippen LogP contribution is -2.43. The molecule has 0 aromatic heterocycles. The predicted molar refractivity (Wildman–Crippen MR) is 64.1 cm³/mol. The van der Waals surface area contributed by atoms with E-state index in [0.29, 0.717) is 6.04 Å². The molecular weight excluding hydrogens is 184 g/mol. The Labute approximate surface area is 94.0 Å². The molecule has 2 aliphatic rings. The van der Waals surface area contributed by atoms with Crippen LogP contribution in [0.1, 0.15) is 52.4 Å². The lowest BCUT2D eigenvalue weighted by molar-refractivity contribution is 0.220. The zero-order valence-corrected chi connectivity index (χ0v) is 10.2. The van der Waals surface area contributed by atoms with Gasteiger partial charge in [-0.3, -0.25) is 11.3 Å². The van der Waals surface area contributed by atoms with Crippen LogP contribution in [0.25, 0.3) is 0 Å². The van der Waals surface area contributed by atoms with Gasteiger partial charge >= 0.3 is 0 Å². The van der Waals surface area contributed by atoms with E-state index < -0.39 is 0 Å². The summed E-state index contributed by atoms with van der Waals surface area (Å²) >= 11 is 0. The van der Waals surface area contributed by atoms with Crippen LogP contribution in [-0.4, -0.2) is 6.04 Å². The van der Waals surface area contributed by atoms with Gasteiger partial charge in [0.15, 0.2) is 0 Å². The topological polar surface area (TPSA) is 38.0 Å². The van der Waals surface area contributed by atoms with E-state index in [0.717, 1.165) is 23.7 Å².